The molecule has 0 bridgehead atoms. The van der Waals surface area contributed by atoms with Crippen molar-refractivity contribution in [2.24, 2.45) is 0 Å². The minimum absolute atomic E-state index is 0.238. The molecular weight excluding hydrogens is 661 g/mol. The predicted octanol–water partition coefficient (Wildman–Crippen LogP) is 14.9. The fraction of sp³-hybridized carbons (Fsp3) is 0.880. The highest BCUT2D eigenvalue weighted by molar-refractivity contribution is 5.76. The Hall–Kier alpha value is -1.94. The van der Waals surface area contributed by atoms with Gasteiger partial charge in [-0.2, -0.15) is 0 Å². The summed E-state index contributed by atoms with van der Waals surface area (Å²) in [5.41, 5.74) is 0. The molecule has 4 nitrogen and oxygen atoms in total. The Morgan fingerprint density at radius 1 is 0.315 bits per heavy atom. The number of hydrogen-bond acceptors (Lipinski definition) is 2. The van der Waals surface area contributed by atoms with Gasteiger partial charge >= 0.3 is 0 Å². The van der Waals surface area contributed by atoms with Crippen molar-refractivity contribution >= 4 is 11.8 Å². The summed E-state index contributed by atoms with van der Waals surface area (Å²) in [5.74, 6) is 13.0. The molecule has 4 heteroatoms. The Morgan fingerprint density at radius 2 is 0.556 bits per heavy atom. The maximum Gasteiger partial charge on any atom is 0.219 e. The minimum atomic E-state index is 0.238. The van der Waals surface area contributed by atoms with Crippen LogP contribution in [-0.2, 0) is 9.59 Å². The van der Waals surface area contributed by atoms with Crippen molar-refractivity contribution in [1.29, 1.82) is 0 Å². The predicted molar refractivity (Wildman–Crippen MR) is 238 cm³/mol. The van der Waals surface area contributed by atoms with Crippen LogP contribution in [0.2, 0.25) is 0 Å². The van der Waals surface area contributed by atoms with Gasteiger partial charge in [0.2, 0.25) is 11.8 Å². The van der Waals surface area contributed by atoms with Gasteiger partial charge in [0, 0.05) is 38.8 Å². The lowest BCUT2D eigenvalue weighted by Crippen LogP contribution is -2.23. The molecule has 0 aliphatic carbocycles. The topological polar surface area (TPSA) is 58.2 Å². The SMILES string of the molecule is CCCCCCCCCCCCCCNC(=O)CCCCCCCCC#CC#CCCCCCCCCC(=O)NCCCCCCCCCCCCCC. The average Bonchev–Trinajstić information content (AvgIpc) is 3.17. The smallest absolute Gasteiger partial charge is 0.219 e. The van der Waals surface area contributed by atoms with Gasteiger partial charge in [-0.3, -0.25) is 9.59 Å². The summed E-state index contributed by atoms with van der Waals surface area (Å²) in [6.07, 6.45) is 49.7. The Morgan fingerprint density at radius 3 is 0.852 bits per heavy atom. The van der Waals surface area contributed by atoms with Gasteiger partial charge in [-0.25, -0.2) is 0 Å². The lowest BCUT2D eigenvalue weighted by atomic mass is 10.1. The van der Waals surface area contributed by atoms with E-state index in [2.05, 4.69) is 48.2 Å². The van der Waals surface area contributed by atoms with Gasteiger partial charge in [-0.15, -0.1) is 0 Å². The van der Waals surface area contributed by atoms with Crippen LogP contribution in [0.3, 0.4) is 0 Å². The van der Waals surface area contributed by atoms with Crippen LogP contribution in [0.4, 0.5) is 0 Å². The maximum absolute atomic E-state index is 12.1. The number of nitrogens with one attached hydrogen (secondary N) is 2. The van der Waals surface area contributed by atoms with Crippen LogP contribution in [-0.4, -0.2) is 24.9 Å². The van der Waals surface area contributed by atoms with Crippen LogP contribution < -0.4 is 10.6 Å². The van der Waals surface area contributed by atoms with Crippen LogP contribution >= 0.6 is 0 Å². The Kier molecular flexibility index (Phi) is 45.5. The zero-order chi connectivity index (χ0) is 39.1. The molecule has 0 fully saturated rings. The van der Waals surface area contributed by atoms with Crippen LogP contribution in [0, 0.1) is 23.7 Å². The summed E-state index contributed by atoms with van der Waals surface area (Å²) in [6, 6.07) is 0. The normalized spacial score (nSPS) is 10.8. The monoisotopic (exact) mass is 753 g/mol. The molecule has 0 aromatic heterocycles. The first kappa shape index (κ1) is 52.1. The summed E-state index contributed by atoms with van der Waals surface area (Å²) in [5, 5.41) is 6.24. The summed E-state index contributed by atoms with van der Waals surface area (Å²) < 4.78 is 0. The van der Waals surface area contributed by atoms with Gasteiger partial charge in [0.15, 0.2) is 0 Å². The number of unbranched alkanes of at least 4 members (excludes halogenated alkanes) is 34. The van der Waals surface area contributed by atoms with E-state index in [1.165, 1.54) is 180 Å². The Bertz CT molecular complexity index is 833. The van der Waals surface area contributed by atoms with E-state index < -0.39 is 0 Å². The molecule has 0 aliphatic rings. The van der Waals surface area contributed by atoms with Gasteiger partial charge in [0.25, 0.3) is 0 Å². The van der Waals surface area contributed by atoms with Crippen molar-refractivity contribution in [2.75, 3.05) is 13.1 Å². The van der Waals surface area contributed by atoms with E-state index >= 15 is 0 Å². The van der Waals surface area contributed by atoms with Crippen molar-refractivity contribution in [3.05, 3.63) is 0 Å². The summed E-state index contributed by atoms with van der Waals surface area (Å²) in [7, 11) is 0. The molecule has 2 amide bonds. The molecule has 0 spiro atoms. The Balaban J connectivity index is 3.33. The number of rotatable bonds is 42. The number of carbonyl (C=O) groups excluding carboxylic acids is 2. The van der Waals surface area contributed by atoms with Crippen molar-refractivity contribution < 1.29 is 9.59 Å². The molecule has 0 radical (unpaired) electrons. The molecule has 0 atom stereocenters. The standard InChI is InChI=1S/C50H92N2O2/c1-3-5-7-9-11-13-15-27-31-35-39-43-47-51-49(53)45-41-37-33-29-25-23-21-19-17-18-20-22-24-26-30-34-38-42-46-50(54)52-48-44-40-36-32-28-16-14-12-10-8-6-4-2/h3-16,21-48H2,1-2H3,(H,51,53)(H,52,54). The third-order valence-corrected chi connectivity index (χ3v) is 10.9. The molecule has 0 aromatic carbocycles. The van der Waals surface area contributed by atoms with E-state index in [-0.39, 0.29) is 11.8 Å². The first-order chi connectivity index (χ1) is 26.7. The molecule has 0 saturated carbocycles. The van der Waals surface area contributed by atoms with Gasteiger partial charge in [-0.1, -0.05) is 218 Å². The second kappa shape index (κ2) is 47.2. The van der Waals surface area contributed by atoms with Crippen LogP contribution in [0.1, 0.15) is 271 Å². The molecule has 0 aliphatic heterocycles. The number of amides is 2. The van der Waals surface area contributed by atoms with Crippen molar-refractivity contribution in [2.45, 2.75) is 271 Å². The summed E-state index contributed by atoms with van der Waals surface area (Å²) in [4.78, 5) is 24.2. The average molecular weight is 753 g/mol. The van der Waals surface area contributed by atoms with Crippen LogP contribution in [0.15, 0.2) is 0 Å². The highest BCUT2D eigenvalue weighted by Crippen LogP contribution is 2.14. The minimum Gasteiger partial charge on any atom is -0.356 e. The fourth-order valence-electron chi connectivity index (χ4n) is 7.19. The lowest BCUT2D eigenvalue weighted by Gasteiger charge is -2.06. The van der Waals surface area contributed by atoms with Crippen LogP contribution in [0.25, 0.3) is 0 Å². The van der Waals surface area contributed by atoms with Gasteiger partial charge in [-0.05, 0) is 50.4 Å². The van der Waals surface area contributed by atoms with E-state index in [1.54, 1.807) is 0 Å². The molecule has 0 unspecified atom stereocenters. The highest BCUT2D eigenvalue weighted by atomic mass is 16.2. The van der Waals surface area contributed by atoms with E-state index in [9.17, 15) is 9.59 Å². The van der Waals surface area contributed by atoms with Gasteiger partial charge in [0.1, 0.15) is 0 Å². The van der Waals surface area contributed by atoms with Crippen molar-refractivity contribution in [3.8, 4) is 23.7 Å². The molecule has 0 saturated heterocycles. The Labute approximate surface area is 338 Å². The first-order valence-corrected chi connectivity index (χ1v) is 24.2. The molecule has 0 aromatic rings. The summed E-state index contributed by atoms with van der Waals surface area (Å²) >= 11 is 0. The third-order valence-electron chi connectivity index (χ3n) is 10.9. The molecular formula is C50H92N2O2. The number of carbonyl (C=O) groups is 2. The van der Waals surface area contributed by atoms with Crippen molar-refractivity contribution in [1.82, 2.24) is 10.6 Å². The fourth-order valence-corrected chi connectivity index (χ4v) is 7.19. The third kappa shape index (κ3) is 46.2. The largest absolute Gasteiger partial charge is 0.356 e. The summed E-state index contributed by atoms with van der Waals surface area (Å²) in [6.45, 7) is 6.26. The van der Waals surface area contributed by atoms with Crippen molar-refractivity contribution in [3.63, 3.8) is 0 Å². The zero-order valence-corrected chi connectivity index (χ0v) is 36.5. The molecule has 0 heterocycles. The van der Waals surface area contributed by atoms with E-state index in [1.807, 2.05) is 0 Å². The van der Waals surface area contributed by atoms with E-state index in [0.29, 0.717) is 12.8 Å². The second-order valence-corrected chi connectivity index (χ2v) is 16.3. The van der Waals surface area contributed by atoms with E-state index in [4.69, 9.17) is 0 Å². The first-order valence-electron chi connectivity index (χ1n) is 24.2. The lowest BCUT2D eigenvalue weighted by molar-refractivity contribution is -0.122. The number of hydrogen-bond donors (Lipinski definition) is 2. The maximum atomic E-state index is 12.1. The molecule has 0 rings (SSSR count). The van der Waals surface area contributed by atoms with Gasteiger partial charge < -0.3 is 10.6 Å². The molecule has 314 valence electrons. The zero-order valence-electron chi connectivity index (χ0n) is 36.5. The quantitative estimate of drug-likeness (QED) is 0.0482. The molecule has 2 N–H and O–H groups in total. The highest BCUT2D eigenvalue weighted by Gasteiger charge is 2.02. The molecule has 54 heavy (non-hydrogen) atoms. The van der Waals surface area contributed by atoms with E-state index in [0.717, 1.165) is 77.3 Å². The van der Waals surface area contributed by atoms with Crippen LogP contribution in [0.5, 0.6) is 0 Å². The van der Waals surface area contributed by atoms with Gasteiger partial charge in [0.05, 0.1) is 0 Å². The second-order valence-electron chi connectivity index (χ2n) is 16.3.